The average molecular weight is 289 g/mol. The van der Waals surface area contributed by atoms with Crippen LogP contribution < -0.4 is 5.56 Å². The lowest BCUT2D eigenvalue weighted by atomic mass is 9.99. The fourth-order valence-corrected chi connectivity index (χ4v) is 2.91. The second kappa shape index (κ2) is 5.62. The maximum Gasteiger partial charge on any atom is 0.267 e. The van der Waals surface area contributed by atoms with E-state index in [1.54, 1.807) is 19.1 Å². The molecule has 2 aliphatic rings. The number of nitrogens with zero attached hydrogens (tertiary/aromatic N) is 3. The zero-order chi connectivity index (χ0) is 15.0. The molecule has 2 heterocycles. The number of piperidine rings is 1. The molecule has 0 spiro atoms. The number of carbonyl (C=O) groups excluding carboxylic acids is 1. The summed E-state index contributed by atoms with van der Waals surface area (Å²) >= 11 is 0. The Labute approximate surface area is 124 Å². The van der Waals surface area contributed by atoms with Gasteiger partial charge in [0.25, 0.3) is 5.56 Å². The molecule has 2 fully saturated rings. The van der Waals surface area contributed by atoms with Gasteiger partial charge in [-0.05, 0) is 44.6 Å². The minimum absolute atomic E-state index is 0.0180. The van der Waals surface area contributed by atoms with Crippen LogP contribution in [-0.4, -0.2) is 33.7 Å². The van der Waals surface area contributed by atoms with Crippen LogP contribution in [0.1, 0.15) is 57.2 Å². The normalized spacial score (nSPS) is 21.3. The number of hydrogen-bond acceptors (Lipinski definition) is 3. The molecule has 3 rings (SSSR count). The van der Waals surface area contributed by atoms with Gasteiger partial charge in [0, 0.05) is 25.1 Å². The lowest BCUT2D eigenvalue weighted by Gasteiger charge is -2.32. The first-order valence-corrected chi connectivity index (χ1v) is 7.95. The Morgan fingerprint density at radius 1 is 1.24 bits per heavy atom. The standard InChI is InChI=1S/C16H23N3O2/c1-11-7-9-18(10-8-11)16(21)12(2)19-15(20)6-5-14(17-19)13-3-4-13/h5-6,11-13H,3-4,7-10H2,1-2H3. The van der Waals surface area contributed by atoms with Crippen LogP contribution in [0.15, 0.2) is 16.9 Å². The van der Waals surface area contributed by atoms with Gasteiger partial charge in [-0.3, -0.25) is 9.59 Å². The third-order valence-electron chi connectivity index (χ3n) is 4.66. The van der Waals surface area contributed by atoms with Crippen molar-refractivity contribution in [2.24, 2.45) is 5.92 Å². The third kappa shape index (κ3) is 3.01. The molecule has 1 aromatic rings. The molecule has 1 saturated carbocycles. The highest BCUT2D eigenvalue weighted by Gasteiger charge is 2.29. The van der Waals surface area contributed by atoms with E-state index in [0.29, 0.717) is 11.8 Å². The minimum Gasteiger partial charge on any atom is -0.341 e. The lowest BCUT2D eigenvalue weighted by Crippen LogP contribution is -2.43. The molecule has 21 heavy (non-hydrogen) atoms. The van der Waals surface area contributed by atoms with Crippen molar-refractivity contribution >= 4 is 5.91 Å². The minimum atomic E-state index is -0.510. The number of aromatic nitrogens is 2. The third-order valence-corrected chi connectivity index (χ3v) is 4.66. The molecule has 114 valence electrons. The van der Waals surface area contributed by atoms with Crippen molar-refractivity contribution < 1.29 is 4.79 Å². The number of amides is 1. The number of rotatable bonds is 3. The molecule has 1 amide bonds. The van der Waals surface area contributed by atoms with Crippen molar-refractivity contribution in [1.29, 1.82) is 0 Å². The Balaban J connectivity index is 1.77. The topological polar surface area (TPSA) is 55.2 Å². The Bertz CT molecular complexity index is 583. The Morgan fingerprint density at radius 2 is 1.90 bits per heavy atom. The molecule has 0 radical (unpaired) electrons. The van der Waals surface area contributed by atoms with Crippen molar-refractivity contribution in [3.63, 3.8) is 0 Å². The largest absolute Gasteiger partial charge is 0.341 e. The summed E-state index contributed by atoms with van der Waals surface area (Å²) in [6.07, 6.45) is 4.36. The molecular formula is C16H23N3O2. The van der Waals surface area contributed by atoms with Gasteiger partial charge in [-0.2, -0.15) is 5.10 Å². The highest BCUT2D eigenvalue weighted by Crippen LogP contribution is 2.38. The second-order valence-corrected chi connectivity index (χ2v) is 6.50. The van der Waals surface area contributed by atoms with Crippen LogP contribution in [0.5, 0.6) is 0 Å². The molecule has 1 aliphatic heterocycles. The summed E-state index contributed by atoms with van der Waals surface area (Å²) in [6.45, 7) is 5.59. The lowest BCUT2D eigenvalue weighted by molar-refractivity contribution is -0.136. The molecule has 5 nitrogen and oxygen atoms in total. The van der Waals surface area contributed by atoms with Crippen LogP contribution in [-0.2, 0) is 4.79 Å². The van der Waals surface area contributed by atoms with Gasteiger partial charge in [-0.15, -0.1) is 0 Å². The number of carbonyl (C=O) groups is 1. The molecule has 0 bridgehead atoms. The van der Waals surface area contributed by atoms with Crippen molar-refractivity contribution in [2.75, 3.05) is 13.1 Å². The van der Waals surface area contributed by atoms with E-state index in [0.717, 1.165) is 44.5 Å². The fourth-order valence-electron chi connectivity index (χ4n) is 2.91. The number of likely N-dealkylation sites (tertiary alicyclic amines) is 1. The molecule has 0 N–H and O–H groups in total. The van der Waals surface area contributed by atoms with E-state index in [9.17, 15) is 9.59 Å². The van der Waals surface area contributed by atoms with Gasteiger partial charge in [0.15, 0.2) is 0 Å². The van der Waals surface area contributed by atoms with Crippen LogP contribution in [0.3, 0.4) is 0 Å². The van der Waals surface area contributed by atoms with Gasteiger partial charge in [0.05, 0.1) is 5.69 Å². The number of hydrogen-bond donors (Lipinski definition) is 0. The summed E-state index contributed by atoms with van der Waals surface area (Å²) < 4.78 is 1.37. The monoisotopic (exact) mass is 289 g/mol. The van der Waals surface area contributed by atoms with Crippen molar-refractivity contribution in [1.82, 2.24) is 14.7 Å². The second-order valence-electron chi connectivity index (χ2n) is 6.50. The van der Waals surface area contributed by atoms with Gasteiger partial charge < -0.3 is 4.90 Å². The summed E-state index contributed by atoms with van der Waals surface area (Å²) in [5, 5.41) is 4.42. The summed E-state index contributed by atoms with van der Waals surface area (Å²) in [4.78, 5) is 26.5. The SMILES string of the molecule is CC1CCN(C(=O)C(C)n2nc(C3CC3)ccc2=O)CC1. The zero-order valence-corrected chi connectivity index (χ0v) is 12.8. The van der Waals surface area contributed by atoms with Gasteiger partial charge in [-0.25, -0.2) is 4.68 Å². The molecule has 1 aliphatic carbocycles. The Kier molecular flexibility index (Phi) is 3.83. The summed E-state index contributed by atoms with van der Waals surface area (Å²) in [6, 6.07) is 2.84. The molecule has 1 unspecified atom stereocenters. The fraction of sp³-hybridized carbons (Fsp3) is 0.688. The highest BCUT2D eigenvalue weighted by molar-refractivity contribution is 5.80. The predicted molar refractivity (Wildman–Crippen MR) is 80.2 cm³/mol. The molecule has 1 aromatic heterocycles. The van der Waals surface area contributed by atoms with E-state index in [1.165, 1.54) is 4.68 Å². The summed E-state index contributed by atoms with van der Waals surface area (Å²) in [5.41, 5.74) is 0.757. The van der Waals surface area contributed by atoms with Crippen molar-refractivity contribution in [3.8, 4) is 0 Å². The van der Waals surface area contributed by atoms with Gasteiger partial charge >= 0.3 is 0 Å². The van der Waals surface area contributed by atoms with E-state index < -0.39 is 6.04 Å². The Hall–Kier alpha value is -1.65. The molecule has 1 atom stereocenters. The van der Waals surface area contributed by atoms with Gasteiger partial charge in [-0.1, -0.05) is 6.92 Å². The maximum absolute atomic E-state index is 12.6. The van der Waals surface area contributed by atoms with Crippen LogP contribution in [0.4, 0.5) is 0 Å². The zero-order valence-electron chi connectivity index (χ0n) is 12.8. The van der Waals surface area contributed by atoms with E-state index in [-0.39, 0.29) is 11.5 Å². The molecule has 0 aromatic carbocycles. The van der Waals surface area contributed by atoms with E-state index in [4.69, 9.17) is 0 Å². The van der Waals surface area contributed by atoms with E-state index in [1.807, 2.05) is 4.90 Å². The highest BCUT2D eigenvalue weighted by atomic mass is 16.2. The Morgan fingerprint density at radius 3 is 2.52 bits per heavy atom. The quantitative estimate of drug-likeness (QED) is 0.854. The van der Waals surface area contributed by atoms with E-state index in [2.05, 4.69) is 12.0 Å². The smallest absolute Gasteiger partial charge is 0.267 e. The first-order valence-electron chi connectivity index (χ1n) is 7.95. The maximum atomic E-state index is 12.6. The van der Waals surface area contributed by atoms with Crippen LogP contribution in [0.25, 0.3) is 0 Å². The average Bonchev–Trinajstić information content (AvgIpc) is 3.32. The van der Waals surface area contributed by atoms with Crippen molar-refractivity contribution in [2.45, 2.75) is 51.5 Å². The molecule has 5 heteroatoms. The van der Waals surface area contributed by atoms with Crippen molar-refractivity contribution in [3.05, 3.63) is 28.2 Å². The molecular weight excluding hydrogens is 266 g/mol. The van der Waals surface area contributed by atoms with E-state index >= 15 is 0 Å². The van der Waals surface area contributed by atoms with Crippen LogP contribution in [0.2, 0.25) is 0 Å². The summed E-state index contributed by atoms with van der Waals surface area (Å²) in [5.74, 6) is 1.18. The first kappa shape index (κ1) is 14.3. The molecule has 1 saturated heterocycles. The van der Waals surface area contributed by atoms with Crippen LogP contribution in [0, 0.1) is 5.92 Å². The predicted octanol–water partition coefficient (Wildman–Crippen LogP) is 1.94. The summed E-state index contributed by atoms with van der Waals surface area (Å²) in [7, 11) is 0. The van der Waals surface area contributed by atoms with Gasteiger partial charge in [0.2, 0.25) is 5.91 Å². The first-order chi connectivity index (χ1) is 10.1. The van der Waals surface area contributed by atoms with Gasteiger partial charge in [0.1, 0.15) is 6.04 Å². The van der Waals surface area contributed by atoms with Crippen LogP contribution >= 0.6 is 0 Å².